The minimum atomic E-state index is -0.549. The van der Waals surface area contributed by atoms with Gasteiger partial charge in [-0.2, -0.15) is 0 Å². The van der Waals surface area contributed by atoms with Crippen molar-refractivity contribution in [2.45, 2.75) is 11.6 Å². The van der Waals surface area contributed by atoms with Gasteiger partial charge in [-0.05, 0) is 114 Å². The molecule has 14 rings (SSSR count). The van der Waals surface area contributed by atoms with Crippen LogP contribution in [0.2, 0.25) is 0 Å². The first-order chi connectivity index (χ1) is 36.2. The summed E-state index contributed by atoms with van der Waals surface area (Å²) in [7, 11) is 0. The van der Waals surface area contributed by atoms with Crippen molar-refractivity contribution in [2.75, 3.05) is 0 Å². The zero-order chi connectivity index (χ0) is 48.3. The van der Waals surface area contributed by atoms with Crippen LogP contribution in [0.1, 0.15) is 45.1 Å². The molecule has 1 unspecified atom stereocenters. The summed E-state index contributed by atoms with van der Waals surface area (Å²) < 4.78 is 0. The first-order valence-electron chi connectivity index (χ1n) is 24.9. The predicted octanol–water partition coefficient (Wildman–Crippen LogP) is 15.8. The number of fused-ring (bicyclic) bond motifs is 7. The van der Waals surface area contributed by atoms with Crippen LogP contribution in [0.15, 0.2) is 271 Å². The summed E-state index contributed by atoms with van der Waals surface area (Å²) in [6, 6.07) is 89.5. The lowest BCUT2D eigenvalue weighted by molar-refractivity contribution is 0.674. The molecule has 2 aliphatic rings. The van der Waals surface area contributed by atoms with E-state index in [2.05, 4.69) is 235 Å². The van der Waals surface area contributed by atoms with E-state index in [1.54, 1.807) is 0 Å². The van der Waals surface area contributed by atoms with Gasteiger partial charge in [0.25, 0.3) is 0 Å². The Hall–Kier alpha value is -9.58. The topological polar surface area (TPSA) is 62.5 Å². The van der Waals surface area contributed by atoms with Gasteiger partial charge in [0.1, 0.15) is 12.0 Å². The van der Waals surface area contributed by atoms with Crippen LogP contribution in [-0.2, 0) is 5.41 Å². The second kappa shape index (κ2) is 17.4. The molecule has 0 radical (unpaired) electrons. The summed E-state index contributed by atoms with van der Waals surface area (Å²) in [6.45, 7) is 0. The predicted molar refractivity (Wildman–Crippen MR) is 300 cm³/mol. The van der Waals surface area contributed by atoms with Gasteiger partial charge >= 0.3 is 0 Å². The first kappa shape index (κ1) is 42.3. The molecule has 0 fully saturated rings. The molecule has 0 saturated heterocycles. The van der Waals surface area contributed by atoms with E-state index in [1.165, 1.54) is 33.4 Å². The van der Waals surface area contributed by atoms with Crippen LogP contribution in [0, 0.1) is 0 Å². The highest BCUT2D eigenvalue weighted by molar-refractivity contribution is 6.16. The van der Waals surface area contributed by atoms with Crippen LogP contribution >= 0.6 is 0 Å². The summed E-state index contributed by atoms with van der Waals surface area (Å²) >= 11 is 0. The average Bonchev–Trinajstić information content (AvgIpc) is 3.79. The molecule has 1 aliphatic carbocycles. The maximum absolute atomic E-state index is 5.37. The number of rotatable bonds is 8. The van der Waals surface area contributed by atoms with Gasteiger partial charge in [0.2, 0.25) is 0 Å². The lowest BCUT2D eigenvalue weighted by Gasteiger charge is -2.34. The van der Waals surface area contributed by atoms with E-state index in [9.17, 15) is 0 Å². The molecule has 5 nitrogen and oxygen atoms in total. The summed E-state index contributed by atoms with van der Waals surface area (Å²) in [5, 5.41) is 9.31. The number of para-hydroxylation sites is 1. The SMILES string of the molecule is c1ccc(C2=NC(c3ccccc3)NC(c3cc(-c4ccc5c(c4)C(c4ccccc4)(c4ccccc4)c4ccccc4-5)cc(-c4cccc5c(-c6nc7ccccc7c7ccncc67)cccc45)c3)=N2)cc1. The third-order valence-electron chi connectivity index (χ3n) is 14.9. The molecule has 73 heavy (non-hydrogen) atoms. The van der Waals surface area contributed by atoms with E-state index in [0.717, 1.165) is 88.5 Å². The van der Waals surface area contributed by atoms with Gasteiger partial charge in [-0.25, -0.2) is 15.0 Å². The molecule has 1 N–H and O–H groups in total. The van der Waals surface area contributed by atoms with E-state index >= 15 is 0 Å². The summed E-state index contributed by atoms with van der Waals surface area (Å²) in [5.41, 5.74) is 17.2. The highest BCUT2D eigenvalue weighted by Gasteiger charge is 2.46. The highest BCUT2D eigenvalue weighted by atomic mass is 15.2. The summed E-state index contributed by atoms with van der Waals surface area (Å²) in [4.78, 5) is 20.5. The normalized spacial score (nSPS) is 14.5. The van der Waals surface area contributed by atoms with Gasteiger partial charge in [-0.15, -0.1) is 0 Å². The number of nitrogens with zero attached hydrogens (tertiary/aromatic N) is 4. The standard InChI is InChI=1S/C68H45N5/c1-5-19-44(20-6-1)65-71-66(45-21-7-2-8-22-45)73-67(72-65)49-40-47(46-35-36-57-56-27-13-15-33-61(56)68(62(57)42-46,50-23-9-3-10-24-50)51-25-11-4-12-26-51)39-48(41-49)52-29-17-31-54-53(52)30-18-32-59(54)64-60-43-69-38-37-55(60)58-28-14-16-34-63(58)70-64/h1-43,65H,(H,71,72,73). The van der Waals surface area contributed by atoms with E-state index in [4.69, 9.17) is 15.0 Å². The van der Waals surface area contributed by atoms with E-state index < -0.39 is 5.41 Å². The van der Waals surface area contributed by atoms with Crippen molar-refractivity contribution in [3.8, 4) is 44.6 Å². The Bertz CT molecular complexity index is 4130. The lowest BCUT2D eigenvalue weighted by Crippen LogP contribution is -2.33. The number of benzene rings is 10. The maximum Gasteiger partial charge on any atom is 0.159 e. The van der Waals surface area contributed by atoms with Crippen molar-refractivity contribution in [3.05, 3.63) is 300 Å². The maximum atomic E-state index is 5.37. The fraction of sp³-hybridized carbons (Fsp3) is 0.0294. The molecule has 1 atom stereocenters. The summed E-state index contributed by atoms with van der Waals surface area (Å²) in [6.07, 6.45) is 3.47. The van der Waals surface area contributed by atoms with Crippen molar-refractivity contribution in [3.63, 3.8) is 0 Å². The lowest BCUT2D eigenvalue weighted by atomic mass is 9.67. The molecule has 10 aromatic carbocycles. The van der Waals surface area contributed by atoms with Crippen LogP contribution < -0.4 is 5.32 Å². The molecule has 342 valence electrons. The number of hydrogen-bond acceptors (Lipinski definition) is 5. The van der Waals surface area contributed by atoms with Gasteiger partial charge in [-0.3, -0.25) is 4.98 Å². The quantitative estimate of drug-likeness (QED) is 0.154. The molecule has 0 amide bonds. The minimum absolute atomic E-state index is 0.356. The van der Waals surface area contributed by atoms with E-state index in [0.29, 0.717) is 5.84 Å². The van der Waals surface area contributed by atoms with Crippen molar-refractivity contribution in [1.29, 1.82) is 0 Å². The summed E-state index contributed by atoms with van der Waals surface area (Å²) in [5.74, 6) is 1.43. The molecule has 0 bridgehead atoms. The second-order valence-corrected chi connectivity index (χ2v) is 18.9. The Morgan fingerprint density at radius 3 is 1.77 bits per heavy atom. The van der Waals surface area contributed by atoms with Crippen LogP contribution in [-0.4, -0.2) is 21.6 Å². The van der Waals surface area contributed by atoms with Crippen LogP contribution in [0.5, 0.6) is 0 Å². The number of pyridine rings is 2. The number of nitrogens with one attached hydrogen (secondary N) is 1. The fourth-order valence-corrected chi connectivity index (χ4v) is 11.6. The largest absolute Gasteiger partial charge is 0.344 e. The Morgan fingerprint density at radius 1 is 0.384 bits per heavy atom. The smallest absolute Gasteiger partial charge is 0.159 e. The molecule has 5 heteroatoms. The molecule has 12 aromatic rings. The molecule has 1 aliphatic heterocycles. The van der Waals surface area contributed by atoms with Crippen molar-refractivity contribution in [2.24, 2.45) is 9.98 Å². The van der Waals surface area contributed by atoms with Gasteiger partial charge < -0.3 is 5.32 Å². The minimum Gasteiger partial charge on any atom is -0.344 e. The first-order valence-corrected chi connectivity index (χ1v) is 24.9. The molecule has 2 aromatic heterocycles. The zero-order valence-electron chi connectivity index (χ0n) is 39.7. The van der Waals surface area contributed by atoms with Crippen LogP contribution in [0.25, 0.3) is 77.1 Å². The number of hydrogen-bond donors (Lipinski definition) is 1. The zero-order valence-corrected chi connectivity index (χ0v) is 39.7. The van der Waals surface area contributed by atoms with Crippen molar-refractivity contribution < 1.29 is 0 Å². The molecular formula is C68H45N5. The average molecular weight is 932 g/mol. The number of aliphatic imine (C=N–C) groups is 2. The molecular weight excluding hydrogens is 887 g/mol. The van der Waals surface area contributed by atoms with E-state index in [-0.39, 0.29) is 6.17 Å². The third kappa shape index (κ3) is 7.00. The van der Waals surface area contributed by atoms with Crippen LogP contribution in [0.4, 0.5) is 0 Å². The Morgan fingerprint density at radius 2 is 0.986 bits per heavy atom. The van der Waals surface area contributed by atoms with Crippen molar-refractivity contribution >= 4 is 44.1 Å². The number of amidine groups is 2. The molecule has 0 spiro atoms. The Labute approximate surface area is 423 Å². The van der Waals surface area contributed by atoms with Gasteiger partial charge in [0.15, 0.2) is 5.84 Å². The Balaban J connectivity index is 1.01. The highest BCUT2D eigenvalue weighted by Crippen LogP contribution is 2.57. The third-order valence-corrected chi connectivity index (χ3v) is 14.9. The second-order valence-electron chi connectivity index (χ2n) is 18.9. The molecule has 3 heterocycles. The van der Waals surface area contributed by atoms with Gasteiger partial charge in [-0.1, -0.05) is 212 Å². The Kier molecular flexibility index (Phi) is 10.1. The van der Waals surface area contributed by atoms with E-state index in [1.807, 2.05) is 36.7 Å². The fourth-order valence-electron chi connectivity index (χ4n) is 11.6. The van der Waals surface area contributed by atoms with Gasteiger partial charge in [0, 0.05) is 39.9 Å². The number of aromatic nitrogens is 2. The monoisotopic (exact) mass is 931 g/mol. The van der Waals surface area contributed by atoms with Crippen LogP contribution in [0.3, 0.4) is 0 Å². The van der Waals surface area contributed by atoms with Gasteiger partial charge in [0.05, 0.1) is 16.6 Å². The van der Waals surface area contributed by atoms with Crippen molar-refractivity contribution in [1.82, 2.24) is 15.3 Å². The molecule has 0 saturated carbocycles.